The van der Waals surface area contributed by atoms with Crippen molar-refractivity contribution in [2.45, 2.75) is 11.8 Å². The number of aryl methyl sites for hydroxylation is 1. The van der Waals surface area contributed by atoms with Crippen LogP contribution in [0.1, 0.15) is 11.1 Å². The van der Waals surface area contributed by atoms with Crippen LogP contribution in [0, 0.1) is 6.92 Å². The highest BCUT2D eigenvalue weighted by molar-refractivity contribution is 7.89. The van der Waals surface area contributed by atoms with Crippen molar-refractivity contribution in [3.63, 3.8) is 0 Å². The molecule has 1 aliphatic heterocycles. The lowest BCUT2D eigenvalue weighted by Crippen LogP contribution is -2.40. The van der Waals surface area contributed by atoms with Crippen LogP contribution in [0.3, 0.4) is 0 Å². The van der Waals surface area contributed by atoms with E-state index in [1.165, 1.54) is 29.6 Å². The lowest BCUT2D eigenvalue weighted by molar-refractivity contribution is -0.111. The number of sulfonamides is 1. The van der Waals surface area contributed by atoms with Gasteiger partial charge >= 0.3 is 0 Å². The van der Waals surface area contributed by atoms with Crippen molar-refractivity contribution in [2.75, 3.05) is 38.7 Å². The summed E-state index contributed by atoms with van der Waals surface area (Å²) >= 11 is 6.08. The molecule has 7 nitrogen and oxygen atoms in total. The van der Waals surface area contributed by atoms with E-state index >= 15 is 0 Å². The van der Waals surface area contributed by atoms with Crippen LogP contribution >= 0.6 is 11.6 Å². The van der Waals surface area contributed by atoms with Gasteiger partial charge in [0.15, 0.2) is 0 Å². The summed E-state index contributed by atoms with van der Waals surface area (Å²) in [6, 6.07) is 9.76. The fourth-order valence-electron chi connectivity index (χ4n) is 2.96. The molecule has 1 aliphatic rings. The maximum absolute atomic E-state index is 12.6. The molecule has 0 bridgehead atoms. The number of rotatable bonds is 6. The number of ether oxygens (including phenoxy) is 2. The zero-order valence-corrected chi connectivity index (χ0v) is 18.3. The summed E-state index contributed by atoms with van der Waals surface area (Å²) in [5.74, 6) is 0.116. The second-order valence-electron chi connectivity index (χ2n) is 6.71. The van der Waals surface area contributed by atoms with Crippen LogP contribution in [-0.4, -0.2) is 52.0 Å². The van der Waals surface area contributed by atoms with Gasteiger partial charge in [0, 0.05) is 30.3 Å². The highest BCUT2D eigenvalue weighted by Gasteiger charge is 2.25. The van der Waals surface area contributed by atoms with E-state index in [-0.39, 0.29) is 10.8 Å². The summed E-state index contributed by atoms with van der Waals surface area (Å²) in [5.41, 5.74) is 2.03. The van der Waals surface area contributed by atoms with Gasteiger partial charge in [0.2, 0.25) is 15.9 Å². The number of nitrogens with zero attached hydrogens (tertiary/aromatic N) is 1. The zero-order chi connectivity index (χ0) is 21.7. The van der Waals surface area contributed by atoms with Gasteiger partial charge in [0.1, 0.15) is 5.75 Å². The Morgan fingerprint density at radius 3 is 2.50 bits per heavy atom. The number of carbonyl (C=O) groups is 1. The zero-order valence-electron chi connectivity index (χ0n) is 16.7. The summed E-state index contributed by atoms with van der Waals surface area (Å²) in [5, 5.41) is 3.30. The van der Waals surface area contributed by atoms with Gasteiger partial charge < -0.3 is 14.8 Å². The maximum Gasteiger partial charge on any atom is 0.248 e. The van der Waals surface area contributed by atoms with Crippen LogP contribution in [-0.2, 0) is 19.6 Å². The Labute approximate surface area is 181 Å². The molecule has 1 heterocycles. The normalized spacial score (nSPS) is 15.3. The molecular weight excluding hydrogens is 428 g/mol. The first-order valence-corrected chi connectivity index (χ1v) is 11.1. The molecule has 0 aliphatic carbocycles. The summed E-state index contributed by atoms with van der Waals surface area (Å²) in [6.07, 6.45) is 2.98. The summed E-state index contributed by atoms with van der Waals surface area (Å²) in [4.78, 5) is 12.5. The molecule has 1 amide bonds. The summed E-state index contributed by atoms with van der Waals surface area (Å²) < 4.78 is 37.2. The Balaban J connectivity index is 1.68. The van der Waals surface area contributed by atoms with E-state index < -0.39 is 10.0 Å². The van der Waals surface area contributed by atoms with E-state index in [0.717, 1.165) is 5.56 Å². The topological polar surface area (TPSA) is 84.9 Å². The molecule has 0 saturated carbocycles. The maximum atomic E-state index is 12.6. The number of amides is 1. The van der Waals surface area contributed by atoms with E-state index in [1.807, 2.05) is 6.92 Å². The second kappa shape index (κ2) is 9.61. The largest absolute Gasteiger partial charge is 0.495 e. The van der Waals surface area contributed by atoms with Crippen LogP contribution in [0.2, 0.25) is 5.02 Å². The molecule has 1 N–H and O–H groups in total. The van der Waals surface area contributed by atoms with E-state index in [9.17, 15) is 13.2 Å². The first-order chi connectivity index (χ1) is 14.3. The van der Waals surface area contributed by atoms with Crippen LogP contribution in [0.15, 0.2) is 47.4 Å². The molecule has 2 aromatic carbocycles. The van der Waals surface area contributed by atoms with Gasteiger partial charge in [0.25, 0.3) is 0 Å². The Bertz CT molecular complexity index is 1050. The Morgan fingerprint density at radius 1 is 1.20 bits per heavy atom. The van der Waals surface area contributed by atoms with Gasteiger partial charge in [-0.15, -0.1) is 0 Å². The van der Waals surface area contributed by atoms with Crippen molar-refractivity contribution in [3.05, 3.63) is 58.6 Å². The number of carbonyl (C=O) groups excluding carboxylic acids is 1. The first-order valence-electron chi connectivity index (χ1n) is 9.32. The molecule has 2 aromatic rings. The molecule has 0 unspecified atom stereocenters. The average Bonchev–Trinajstić information content (AvgIpc) is 2.75. The molecule has 30 heavy (non-hydrogen) atoms. The van der Waals surface area contributed by atoms with Gasteiger partial charge in [-0.1, -0.05) is 23.7 Å². The number of nitrogens with one attached hydrogen (secondary N) is 1. The van der Waals surface area contributed by atoms with E-state index in [4.69, 9.17) is 21.1 Å². The van der Waals surface area contributed by atoms with Gasteiger partial charge in [-0.25, -0.2) is 8.42 Å². The Kier molecular flexibility index (Phi) is 7.14. The lowest BCUT2D eigenvalue weighted by atomic mass is 10.2. The number of halogens is 1. The fourth-order valence-corrected chi connectivity index (χ4v) is 4.52. The third-order valence-corrected chi connectivity index (χ3v) is 6.97. The lowest BCUT2D eigenvalue weighted by Gasteiger charge is -2.26. The van der Waals surface area contributed by atoms with Gasteiger partial charge in [0.05, 0.1) is 30.9 Å². The van der Waals surface area contributed by atoms with Gasteiger partial charge in [-0.2, -0.15) is 4.31 Å². The molecule has 1 fully saturated rings. The minimum atomic E-state index is -3.54. The van der Waals surface area contributed by atoms with Crippen molar-refractivity contribution in [1.82, 2.24) is 4.31 Å². The number of anilines is 1. The predicted molar refractivity (Wildman–Crippen MR) is 116 cm³/mol. The number of morpholine rings is 1. The Morgan fingerprint density at radius 2 is 1.87 bits per heavy atom. The predicted octanol–water partition coefficient (Wildman–Crippen LogP) is 3.33. The van der Waals surface area contributed by atoms with Crippen LogP contribution in [0.5, 0.6) is 5.75 Å². The van der Waals surface area contributed by atoms with E-state index in [0.29, 0.717) is 48.3 Å². The van der Waals surface area contributed by atoms with Crippen LogP contribution in [0.25, 0.3) is 6.08 Å². The molecule has 0 atom stereocenters. The quantitative estimate of drug-likeness (QED) is 0.682. The smallest absolute Gasteiger partial charge is 0.248 e. The summed E-state index contributed by atoms with van der Waals surface area (Å²) in [6.45, 7) is 3.32. The second-order valence-corrected chi connectivity index (χ2v) is 9.05. The van der Waals surface area contributed by atoms with Crippen molar-refractivity contribution >= 4 is 39.3 Å². The number of benzene rings is 2. The number of hydrogen-bond donors (Lipinski definition) is 1. The van der Waals surface area contributed by atoms with Crippen LogP contribution in [0.4, 0.5) is 5.69 Å². The minimum Gasteiger partial charge on any atom is -0.495 e. The highest BCUT2D eigenvalue weighted by atomic mass is 35.5. The van der Waals surface area contributed by atoms with Gasteiger partial charge in [-0.3, -0.25) is 4.79 Å². The fraction of sp³-hybridized carbons (Fsp3) is 0.286. The summed E-state index contributed by atoms with van der Waals surface area (Å²) in [7, 11) is -2.04. The molecule has 9 heteroatoms. The van der Waals surface area contributed by atoms with Crippen molar-refractivity contribution in [3.8, 4) is 5.75 Å². The molecule has 0 radical (unpaired) electrons. The molecule has 0 aromatic heterocycles. The molecule has 3 rings (SSSR count). The van der Waals surface area contributed by atoms with Crippen molar-refractivity contribution < 1.29 is 22.7 Å². The van der Waals surface area contributed by atoms with Crippen molar-refractivity contribution in [2.24, 2.45) is 0 Å². The minimum absolute atomic E-state index is 0.215. The number of hydrogen-bond acceptors (Lipinski definition) is 5. The molecule has 1 saturated heterocycles. The molecule has 160 valence electrons. The molecule has 0 spiro atoms. The third-order valence-electron chi connectivity index (χ3n) is 4.65. The third kappa shape index (κ3) is 5.20. The first kappa shape index (κ1) is 22.3. The monoisotopic (exact) mass is 450 g/mol. The van der Waals surface area contributed by atoms with Gasteiger partial charge in [-0.05, 0) is 42.3 Å². The molecular formula is C21H23ClN2O5S. The van der Waals surface area contributed by atoms with E-state index in [2.05, 4.69) is 5.32 Å². The van der Waals surface area contributed by atoms with Crippen molar-refractivity contribution in [1.29, 1.82) is 0 Å². The van der Waals surface area contributed by atoms with Crippen LogP contribution < -0.4 is 10.1 Å². The highest BCUT2D eigenvalue weighted by Crippen LogP contribution is 2.31. The SMILES string of the molecule is COc1cc(Cl)c(C)cc1NC(=O)C=Cc1ccc(S(=O)(=O)N2CCOCC2)cc1. The standard InChI is InChI=1S/C21H23ClN2O5S/c1-15-13-19(20(28-2)14-18(15)22)23-21(25)8-5-16-3-6-17(7-4-16)30(26,27)24-9-11-29-12-10-24/h3-8,13-14H,9-12H2,1-2H3,(H,23,25). The average molecular weight is 451 g/mol. The van der Waals surface area contributed by atoms with E-state index in [1.54, 1.807) is 30.3 Å². The Hall–Kier alpha value is -2.39. The number of methoxy groups -OCH3 is 1.